The Bertz CT molecular complexity index is 1140. The molecule has 1 aromatic carbocycles. The van der Waals surface area contributed by atoms with E-state index in [2.05, 4.69) is 62.7 Å². The smallest absolute Gasteiger partial charge is 0.175 e. The van der Waals surface area contributed by atoms with Gasteiger partial charge in [0.1, 0.15) is 18.7 Å². The van der Waals surface area contributed by atoms with Gasteiger partial charge in [-0.25, -0.2) is 15.0 Å². The van der Waals surface area contributed by atoms with Crippen molar-refractivity contribution in [2.45, 2.75) is 36.9 Å². The number of nitrogens with zero attached hydrogens (tertiary/aromatic N) is 6. The summed E-state index contributed by atoms with van der Waals surface area (Å²) in [7, 11) is 2.12. The van der Waals surface area contributed by atoms with Crippen molar-refractivity contribution < 1.29 is 4.74 Å². The second-order valence-corrected chi connectivity index (χ2v) is 10.1. The van der Waals surface area contributed by atoms with Gasteiger partial charge >= 0.3 is 0 Å². The second kappa shape index (κ2) is 9.26. The number of likely N-dealkylation sites (N-methyl/N-ethyl adjacent to an activating group) is 1. The number of imidazole rings is 1. The zero-order valence-electron chi connectivity index (χ0n) is 19.5. The van der Waals surface area contributed by atoms with Gasteiger partial charge in [0.15, 0.2) is 22.1 Å². The van der Waals surface area contributed by atoms with E-state index in [-0.39, 0.29) is 0 Å². The first-order chi connectivity index (χ1) is 16.0. The molecule has 3 N–H and O–H groups in total. The quantitative estimate of drug-likeness (QED) is 0.484. The Labute approximate surface area is 198 Å². The van der Waals surface area contributed by atoms with Crippen LogP contribution in [0.25, 0.3) is 11.2 Å². The molecule has 10 heteroatoms. The van der Waals surface area contributed by atoms with Gasteiger partial charge in [0.25, 0.3) is 0 Å². The zero-order chi connectivity index (χ0) is 22.9. The van der Waals surface area contributed by atoms with Crippen molar-refractivity contribution in [2.24, 2.45) is 5.92 Å². The molecule has 5 rings (SSSR count). The first-order valence-corrected chi connectivity index (χ1v) is 12.4. The Balaban J connectivity index is 1.52. The molecular weight excluding hydrogens is 436 g/mol. The Morgan fingerprint density at radius 2 is 2.03 bits per heavy atom. The molecule has 0 radical (unpaired) electrons. The van der Waals surface area contributed by atoms with E-state index in [4.69, 9.17) is 15.5 Å². The van der Waals surface area contributed by atoms with Crippen molar-refractivity contribution in [3.63, 3.8) is 0 Å². The number of ether oxygens (including phenoxy) is 1. The summed E-state index contributed by atoms with van der Waals surface area (Å²) in [5, 5.41) is 4.39. The number of hydrogen-bond acceptors (Lipinski definition) is 9. The topological polar surface area (TPSA) is 97.4 Å². The van der Waals surface area contributed by atoms with E-state index in [0.29, 0.717) is 23.9 Å². The first kappa shape index (κ1) is 22.1. The van der Waals surface area contributed by atoms with Crippen LogP contribution in [0.1, 0.15) is 20.3 Å². The number of benzene rings is 1. The third kappa shape index (κ3) is 4.41. The minimum atomic E-state index is 0.411. The van der Waals surface area contributed by atoms with Crippen molar-refractivity contribution in [3.05, 3.63) is 18.5 Å². The van der Waals surface area contributed by atoms with Crippen LogP contribution in [0, 0.1) is 5.92 Å². The van der Waals surface area contributed by atoms with E-state index in [0.717, 1.165) is 66.4 Å². The summed E-state index contributed by atoms with van der Waals surface area (Å²) < 4.78 is 8.17. The van der Waals surface area contributed by atoms with Gasteiger partial charge in [-0.05, 0) is 42.8 Å². The van der Waals surface area contributed by atoms with Gasteiger partial charge in [0.05, 0.1) is 17.9 Å². The predicted octanol–water partition coefficient (Wildman–Crippen LogP) is 2.84. The maximum absolute atomic E-state index is 6.16. The molecule has 2 aliphatic rings. The molecule has 0 saturated carbocycles. The van der Waals surface area contributed by atoms with Crippen molar-refractivity contribution in [1.82, 2.24) is 24.8 Å². The lowest BCUT2D eigenvalue weighted by molar-refractivity contribution is 0.310. The molecule has 1 saturated heterocycles. The molecule has 3 aromatic rings. The number of fused-ring (bicyclic) bond motifs is 2. The summed E-state index contributed by atoms with van der Waals surface area (Å²) in [6.07, 6.45) is 2.74. The maximum Gasteiger partial charge on any atom is 0.175 e. The summed E-state index contributed by atoms with van der Waals surface area (Å²) in [5.41, 5.74) is 9.97. The minimum Gasteiger partial charge on any atom is -0.490 e. The molecular formula is C23H32N8OS. The monoisotopic (exact) mass is 468 g/mol. The van der Waals surface area contributed by atoms with E-state index in [1.165, 1.54) is 18.4 Å². The predicted molar refractivity (Wildman–Crippen MR) is 134 cm³/mol. The summed E-state index contributed by atoms with van der Waals surface area (Å²) in [4.78, 5) is 19.4. The molecule has 4 heterocycles. The molecule has 2 aromatic heterocycles. The van der Waals surface area contributed by atoms with E-state index in [1.807, 2.05) is 0 Å². The Morgan fingerprint density at radius 3 is 2.79 bits per heavy atom. The lowest BCUT2D eigenvalue weighted by Gasteiger charge is -2.37. The number of aromatic nitrogens is 4. The van der Waals surface area contributed by atoms with Gasteiger partial charge in [-0.2, -0.15) is 0 Å². The Hall–Kier alpha value is -2.72. The number of nitrogens with two attached hydrogens (primary N) is 1. The normalized spacial score (nSPS) is 15.6. The minimum absolute atomic E-state index is 0.411. The van der Waals surface area contributed by atoms with Gasteiger partial charge < -0.3 is 30.2 Å². The summed E-state index contributed by atoms with van der Waals surface area (Å²) >= 11 is 1.65. The largest absolute Gasteiger partial charge is 0.490 e. The SMILES string of the molecule is CC(C)CNCCn1c(Sc2cc3c(cc2N2CCC2)N(C)CCO3)nc2c(N)ncnc21. The molecule has 0 atom stereocenters. The molecule has 0 spiro atoms. The fourth-order valence-corrected chi connectivity index (χ4v) is 5.23. The molecule has 176 valence electrons. The van der Waals surface area contributed by atoms with Crippen LogP contribution in [0.5, 0.6) is 5.75 Å². The lowest BCUT2D eigenvalue weighted by Crippen LogP contribution is -2.38. The Kier molecular flexibility index (Phi) is 6.20. The maximum atomic E-state index is 6.16. The molecule has 9 nitrogen and oxygen atoms in total. The molecule has 33 heavy (non-hydrogen) atoms. The number of rotatable bonds is 8. The highest BCUT2D eigenvalue weighted by Gasteiger charge is 2.26. The van der Waals surface area contributed by atoms with E-state index in [9.17, 15) is 0 Å². The standard InChI is InChI=1S/C23H32N8OS/c1-15(2)13-25-5-8-31-22-20(21(24)26-14-27-22)28-23(31)33-19-12-18-16(29(3)9-10-32-18)11-17(19)30-6-4-7-30/h11-12,14-15,25H,4-10,13H2,1-3H3,(H2,24,26,27). The van der Waals surface area contributed by atoms with Gasteiger partial charge in [-0.15, -0.1) is 0 Å². The average molecular weight is 469 g/mol. The highest BCUT2D eigenvalue weighted by molar-refractivity contribution is 7.99. The fraction of sp³-hybridized carbons (Fsp3) is 0.522. The van der Waals surface area contributed by atoms with Crippen molar-refractivity contribution in [3.8, 4) is 5.75 Å². The number of anilines is 3. The van der Waals surface area contributed by atoms with Crippen molar-refractivity contribution in [2.75, 3.05) is 61.9 Å². The Morgan fingerprint density at radius 1 is 1.18 bits per heavy atom. The van der Waals surface area contributed by atoms with Gasteiger partial charge in [-0.3, -0.25) is 0 Å². The van der Waals surface area contributed by atoms with Crippen LogP contribution in [0.4, 0.5) is 17.2 Å². The third-order valence-corrected chi connectivity index (χ3v) is 7.17. The molecule has 0 aliphatic carbocycles. The van der Waals surface area contributed by atoms with E-state index >= 15 is 0 Å². The van der Waals surface area contributed by atoms with Crippen LogP contribution in [-0.2, 0) is 6.54 Å². The van der Waals surface area contributed by atoms with Crippen LogP contribution in [0.2, 0.25) is 0 Å². The summed E-state index contributed by atoms with van der Waals surface area (Å²) in [6, 6.07) is 4.43. The number of nitrogen functional groups attached to an aromatic ring is 1. The molecule has 2 aliphatic heterocycles. The van der Waals surface area contributed by atoms with E-state index in [1.54, 1.807) is 11.8 Å². The van der Waals surface area contributed by atoms with Crippen molar-refractivity contribution in [1.29, 1.82) is 0 Å². The number of hydrogen-bond donors (Lipinski definition) is 2. The molecule has 0 unspecified atom stereocenters. The molecule has 1 fully saturated rings. The van der Waals surface area contributed by atoms with Crippen LogP contribution in [0.15, 0.2) is 28.5 Å². The van der Waals surface area contributed by atoms with Crippen LogP contribution in [0.3, 0.4) is 0 Å². The van der Waals surface area contributed by atoms with Gasteiger partial charge in [0.2, 0.25) is 0 Å². The van der Waals surface area contributed by atoms with Gasteiger partial charge in [0, 0.05) is 38.1 Å². The van der Waals surface area contributed by atoms with E-state index < -0.39 is 0 Å². The molecule has 0 bridgehead atoms. The zero-order valence-corrected chi connectivity index (χ0v) is 20.4. The third-order valence-electron chi connectivity index (χ3n) is 6.12. The lowest BCUT2D eigenvalue weighted by atomic mass is 10.1. The first-order valence-electron chi connectivity index (χ1n) is 11.6. The van der Waals surface area contributed by atoms with Crippen molar-refractivity contribution >= 4 is 40.1 Å². The van der Waals surface area contributed by atoms with Crippen LogP contribution < -0.4 is 25.6 Å². The van der Waals surface area contributed by atoms with Crippen LogP contribution in [-0.4, -0.2) is 65.9 Å². The summed E-state index contributed by atoms with van der Waals surface area (Å²) in [5.74, 6) is 1.94. The average Bonchev–Trinajstić information content (AvgIpc) is 3.09. The van der Waals surface area contributed by atoms with Crippen LogP contribution >= 0.6 is 11.8 Å². The highest BCUT2D eigenvalue weighted by atomic mass is 32.2. The van der Waals surface area contributed by atoms with Gasteiger partial charge in [-0.1, -0.05) is 13.8 Å². The highest BCUT2D eigenvalue weighted by Crippen LogP contribution is 2.45. The fourth-order valence-electron chi connectivity index (χ4n) is 4.15. The second-order valence-electron chi connectivity index (χ2n) is 9.08. The molecule has 0 amide bonds. The summed E-state index contributed by atoms with van der Waals surface area (Å²) in [6.45, 7) is 10.7. The number of nitrogens with one attached hydrogen (secondary N) is 1.